The van der Waals surface area contributed by atoms with Crippen LogP contribution in [0.5, 0.6) is 0 Å². The Kier molecular flexibility index (Phi) is 6.18. The normalized spacial score (nSPS) is 9.96. The first-order valence-corrected chi connectivity index (χ1v) is 8.60. The van der Waals surface area contributed by atoms with Gasteiger partial charge in [0.05, 0.1) is 0 Å². The highest BCUT2D eigenvalue weighted by Crippen LogP contribution is 2.31. The van der Waals surface area contributed by atoms with Crippen LogP contribution in [0.2, 0.25) is 0 Å². The lowest BCUT2D eigenvalue weighted by atomic mass is 9.85. The molecule has 122 valence electrons. The van der Waals surface area contributed by atoms with Crippen LogP contribution in [0.1, 0.15) is 22.6 Å². The fourth-order valence-electron chi connectivity index (χ4n) is 2.90. The predicted molar refractivity (Wildman–Crippen MR) is 107 cm³/mol. The van der Waals surface area contributed by atoms with Crippen LogP contribution < -0.4 is 0 Å². The van der Waals surface area contributed by atoms with Crippen LogP contribution in [0.25, 0.3) is 0 Å². The van der Waals surface area contributed by atoms with E-state index in [0.29, 0.717) is 5.92 Å². The third-order valence-electron chi connectivity index (χ3n) is 4.07. The molecule has 4 rings (SSSR count). The molecule has 0 heteroatoms. The number of benzene rings is 4. The van der Waals surface area contributed by atoms with Crippen molar-refractivity contribution in [1.82, 2.24) is 0 Å². The van der Waals surface area contributed by atoms with E-state index in [4.69, 9.17) is 0 Å². The van der Waals surface area contributed by atoms with E-state index in [1.54, 1.807) is 0 Å². The van der Waals surface area contributed by atoms with E-state index in [9.17, 15) is 0 Å². The summed E-state index contributed by atoms with van der Waals surface area (Å²) in [5.74, 6) is 0.309. The number of rotatable bonds is 3. The molecular formula is C25H22. The van der Waals surface area contributed by atoms with Crippen molar-refractivity contribution in [2.45, 2.75) is 5.92 Å². The second-order valence-electron chi connectivity index (χ2n) is 5.82. The Bertz CT molecular complexity index is 701. The van der Waals surface area contributed by atoms with Crippen molar-refractivity contribution in [1.29, 1.82) is 0 Å². The Hall–Kier alpha value is -3.12. The average molecular weight is 322 g/mol. The van der Waals surface area contributed by atoms with Crippen LogP contribution in [-0.4, -0.2) is 0 Å². The molecule has 0 saturated carbocycles. The van der Waals surface area contributed by atoms with Gasteiger partial charge in [-0.3, -0.25) is 0 Å². The lowest BCUT2D eigenvalue weighted by Crippen LogP contribution is -2.02. The van der Waals surface area contributed by atoms with Gasteiger partial charge in [0.2, 0.25) is 0 Å². The van der Waals surface area contributed by atoms with Crippen molar-refractivity contribution in [2.75, 3.05) is 0 Å². The third kappa shape index (κ3) is 4.92. The number of hydrogen-bond donors (Lipinski definition) is 0. The van der Waals surface area contributed by atoms with Gasteiger partial charge in [0.25, 0.3) is 0 Å². The van der Waals surface area contributed by atoms with Gasteiger partial charge in [0, 0.05) is 5.92 Å². The summed E-state index contributed by atoms with van der Waals surface area (Å²) in [7, 11) is 0. The molecule has 0 atom stereocenters. The minimum Gasteiger partial charge on any atom is -0.0623 e. The van der Waals surface area contributed by atoms with E-state index in [0.717, 1.165) is 0 Å². The minimum absolute atomic E-state index is 0.309. The quantitative estimate of drug-likeness (QED) is 0.375. The summed E-state index contributed by atoms with van der Waals surface area (Å²) in [5.41, 5.74) is 4.00. The van der Waals surface area contributed by atoms with E-state index in [1.165, 1.54) is 16.7 Å². The molecule has 0 saturated heterocycles. The Balaban J connectivity index is 0.000000258. The zero-order chi connectivity index (χ0) is 17.2. The summed E-state index contributed by atoms with van der Waals surface area (Å²) < 4.78 is 0. The molecule has 0 amide bonds. The van der Waals surface area contributed by atoms with Crippen LogP contribution in [0, 0.1) is 0 Å². The molecule has 0 unspecified atom stereocenters. The smallest absolute Gasteiger partial charge is 0.0339 e. The van der Waals surface area contributed by atoms with E-state index < -0.39 is 0 Å². The Morgan fingerprint density at radius 3 is 0.720 bits per heavy atom. The molecular weight excluding hydrogens is 300 g/mol. The highest BCUT2D eigenvalue weighted by Gasteiger charge is 2.15. The molecule has 0 nitrogen and oxygen atoms in total. The van der Waals surface area contributed by atoms with Gasteiger partial charge in [-0.1, -0.05) is 127 Å². The molecule has 0 heterocycles. The monoisotopic (exact) mass is 322 g/mol. The Labute approximate surface area is 150 Å². The van der Waals surface area contributed by atoms with Crippen molar-refractivity contribution < 1.29 is 0 Å². The molecule has 25 heavy (non-hydrogen) atoms. The van der Waals surface area contributed by atoms with E-state index in [-0.39, 0.29) is 0 Å². The van der Waals surface area contributed by atoms with Crippen molar-refractivity contribution >= 4 is 0 Å². The summed E-state index contributed by atoms with van der Waals surface area (Å²) in [6.45, 7) is 0. The first-order valence-electron chi connectivity index (χ1n) is 8.60. The Morgan fingerprint density at radius 2 is 0.480 bits per heavy atom. The lowest BCUT2D eigenvalue weighted by molar-refractivity contribution is 0.977. The van der Waals surface area contributed by atoms with Crippen LogP contribution >= 0.6 is 0 Å². The number of hydrogen-bond acceptors (Lipinski definition) is 0. The summed E-state index contributed by atoms with van der Waals surface area (Å²) in [6, 6.07) is 44.0. The molecule has 0 aliphatic carbocycles. The third-order valence-corrected chi connectivity index (χ3v) is 4.07. The SMILES string of the molecule is c1ccc(C(c2ccccc2)c2ccccc2)cc1.c1ccccc1. The molecule has 4 aromatic carbocycles. The fourth-order valence-corrected chi connectivity index (χ4v) is 2.90. The van der Waals surface area contributed by atoms with Crippen molar-refractivity contribution in [2.24, 2.45) is 0 Å². The van der Waals surface area contributed by atoms with Crippen molar-refractivity contribution in [3.63, 3.8) is 0 Å². The van der Waals surface area contributed by atoms with Gasteiger partial charge in [-0.25, -0.2) is 0 Å². The van der Waals surface area contributed by atoms with Gasteiger partial charge in [-0.05, 0) is 16.7 Å². The summed E-state index contributed by atoms with van der Waals surface area (Å²) >= 11 is 0. The van der Waals surface area contributed by atoms with E-state index in [1.807, 2.05) is 36.4 Å². The highest BCUT2D eigenvalue weighted by atomic mass is 14.2. The average Bonchev–Trinajstić information content (AvgIpc) is 2.72. The largest absolute Gasteiger partial charge is 0.0623 e. The second kappa shape index (κ2) is 9.24. The van der Waals surface area contributed by atoms with Crippen LogP contribution in [0.15, 0.2) is 127 Å². The maximum absolute atomic E-state index is 2.20. The maximum Gasteiger partial charge on any atom is 0.0339 e. The standard InChI is InChI=1S/C19H16.C6H6/c1-4-10-16(11-5-1)19(17-12-6-2-7-13-17)18-14-8-3-9-15-18;1-2-4-6-5-3-1/h1-15,19H;1-6H. The predicted octanol–water partition coefficient (Wildman–Crippen LogP) is 6.55. The lowest BCUT2D eigenvalue weighted by Gasteiger charge is -2.18. The van der Waals surface area contributed by atoms with Gasteiger partial charge >= 0.3 is 0 Å². The maximum atomic E-state index is 2.20. The zero-order valence-corrected chi connectivity index (χ0v) is 14.2. The Morgan fingerprint density at radius 1 is 0.280 bits per heavy atom. The summed E-state index contributed by atoms with van der Waals surface area (Å²) in [6.07, 6.45) is 0. The van der Waals surface area contributed by atoms with Gasteiger partial charge in [-0.15, -0.1) is 0 Å². The summed E-state index contributed by atoms with van der Waals surface area (Å²) in [5, 5.41) is 0. The molecule has 0 fully saturated rings. The molecule has 0 N–H and O–H groups in total. The molecule has 0 aromatic heterocycles. The van der Waals surface area contributed by atoms with Gasteiger partial charge in [0.1, 0.15) is 0 Å². The van der Waals surface area contributed by atoms with Gasteiger partial charge < -0.3 is 0 Å². The van der Waals surface area contributed by atoms with E-state index in [2.05, 4.69) is 91.0 Å². The van der Waals surface area contributed by atoms with Crippen molar-refractivity contribution in [3.8, 4) is 0 Å². The first-order chi connectivity index (χ1) is 12.4. The summed E-state index contributed by atoms with van der Waals surface area (Å²) in [4.78, 5) is 0. The van der Waals surface area contributed by atoms with E-state index >= 15 is 0 Å². The molecule has 0 aliphatic heterocycles. The van der Waals surface area contributed by atoms with Crippen LogP contribution in [-0.2, 0) is 0 Å². The fraction of sp³-hybridized carbons (Fsp3) is 0.0400. The molecule has 4 aromatic rings. The minimum atomic E-state index is 0.309. The first kappa shape index (κ1) is 16.7. The van der Waals surface area contributed by atoms with Gasteiger partial charge in [0.15, 0.2) is 0 Å². The van der Waals surface area contributed by atoms with Crippen molar-refractivity contribution in [3.05, 3.63) is 144 Å². The molecule has 0 radical (unpaired) electrons. The van der Waals surface area contributed by atoms with Crippen LogP contribution in [0.3, 0.4) is 0 Å². The van der Waals surface area contributed by atoms with Crippen LogP contribution in [0.4, 0.5) is 0 Å². The second-order valence-corrected chi connectivity index (χ2v) is 5.82. The highest BCUT2D eigenvalue weighted by molar-refractivity contribution is 5.42. The molecule has 0 bridgehead atoms. The molecule has 0 aliphatic rings. The topological polar surface area (TPSA) is 0 Å². The van der Waals surface area contributed by atoms with Gasteiger partial charge in [-0.2, -0.15) is 0 Å². The zero-order valence-electron chi connectivity index (χ0n) is 14.2. The molecule has 0 spiro atoms.